The number of aryl methyl sites for hydroxylation is 1. The average Bonchev–Trinajstić information content (AvgIpc) is 2.34. The van der Waals surface area contributed by atoms with Gasteiger partial charge in [0, 0.05) is 6.04 Å². The number of rotatable bonds is 3. The summed E-state index contributed by atoms with van der Waals surface area (Å²) in [6, 6.07) is 8.88. The highest BCUT2D eigenvalue weighted by Crippen LogP contribution is 2.31. The number of nitrogens with two attached hydrogens (primary N) is 1. The molecule has 0 radical (unpaired) electrons. The van der Waals surface area contributed by atoms with Crippen LogP contribution < -0.4 is 11.1 Å². The molecule has 1 aromatic rings. The lowest BCUT2D eigenvalue weighted by Gasteiger charge is -2.39. The van der Waals surface area contributed by atoms with E-state index in [1.807, 2.05) is 0 Å². The van der Waals surface area contributed by atoms with E-state index in [1.54, 1.807) is 0 Å². The summed E-state index contributed by atoms with van der Waals surface area (Å²) < 4.78 is 0. The molecule has 2 nitrogen and oxygen atoms in total. The van der Waals surface area contributed by atoms with E-state index in [2.05, 4.69) is 75.5 Å². The highest BCUT2D eigenvalue weighted by molar-refractivity contribution is 5.44. The van der Waals surface area contributed by atoms with Crippen molar-refractivity contribution < 1.29 is 0 Å². The van der Waals surface area contributed by atoms with E-state index < -0.39 is 5.54 Å². The highest BCUT2D eigenvalue weighted by Gasteiger charge is 2.36. The Morgan fingerprint density at radius 1 is 1.21 bits per heavy atom. The van der Waals surface area contributed by atoms with Crippen molar-refractivity contribution in [3.05, 3.63) is 59.2 Å². The molecule has 19 heavy (non-hydrogen) atoms. The molecular formula is C17H24N2. The van der Waals surface area contributed by atoms with Crippen molar-refractivity contribution in [3.63, 3.8) is 0 Å². The van der Waals surface area contributed by atoms with Gasteiger partial charge in [-0.1, -0.05) is 61.9 Å². The maximum atomic E-state index is 6.74. The van der Waals surface area contributed by atoms with Gasteiger partial charge in [-0.25, -0.2) is 0 Å². The van der Waals surface area contributed by atoms with Gasteiger partial charge in [0.25, 0.3) is 0 Å². The Balaban J connectivity index is 2.45. The zero-order chi connectivity index (χ0) is 14.0. The van der Waals surface area contributed by atoms with Gasteiger partial charge in [-0.15, -0.1) is 0 Å². The summed E-state index contributed by atoms with van der Waals surface area (Å²) in [5.74, 6) is 0. The van der Waals surface area contributed by atoms with Gasteiger partial charge in [0.05, 0.1) is 11.6 Å². The third-order valence-electron chi connectivity index (χ3n) is 3.69. The molecule has 0 heterocycles. The molecule has 3 N–H and O–H groups in total. The summed E-state index contributed by atoms with van der Waals surface area (Å²) in [4.78, 5) is 0. The third-order valence-corrected chi connectivity index (χ3v) is 3.69. The standard InChI is InChI=1S/C17H24N2/c1-12(2)19-16-11-13(3)9-10-17(16,18)15-8-6-5-7-14(15)4/h5-12,16,19H,18H2,1-4H3. The maximum absolute atomic E-state index is 6.74. The first kappa shape index (κ1) is 14.0. The van der Waals surface area contributed by atoms with E-state index in [0.717, 1.165) is 0 Å². The average molecular weight is 256 g/mol. The fourth-order valence-electron chi connectivity index (χ4n) is 2.69. The molecule has 1 aliphatic carbocycles. The van der Waals surface area contributed by atoms with Crippen molar-refractivity contribution >= 4 is 0 Å². The SMILES string of the molecule is CC1=CC(NC(C)C)C(N)(c2ccccc2C)C=C1. The van der Waals surface area contributed by atoms with E-state index in [4.69, 9.17) is 5.73 Å². The molecule has 2 rings (SSSR count). The number of hydrogen-bond acceptors (Lipinski definition) is 2. The molecule has 0 saturated heterocycles. The van der Waals surface area contributed by atoms with Gasteiger partial charge < -0.3 is 11.1 Å². The van der Waals surface area contributed by atoms with E-state index in [1.165, 1.54) is 16.7 Å². The van der Waals surface area contributed by atoms with Crippen LogP contribution >= 0.6 is 0 Å². The van der Waals surface area contributed by atoms with Crippen LogP contribution in [0.25, 0.3) is 0 Å². The molecule has 0 fully saturated rings. The second-order valence-electron chi connectivity index (χ2n) is 5.79. The summed E-state index contributed by atoms with van der Waals surface area (Å²) in [5.41, 5.74) is 9.94. The first-order chi connectivity index (χ1) is 8.93. The highest BCUT2D eigenvalue weighted by atomic mass is 15.0. The summed E-state index contributed by atoms with van der Waals surface area (Å²) in [5, 5.41) is 3.58. The number of hydrogen-bond donors (Lipinski definition) is 2. The molecule has 1 aromatic carbocycles. The molecule has 0 aromatic heterocycles. The number of benzene rings is 1. The van der Waals surface area contributed by atoms with E-state index in [-0.39, 0.29) is 6.04 Å². The molecule has 1 aliphatic rings. The quantitative estimate of drug-likeness (QED) is 0.872. The normalized spacial score (nSPS) is 26.6. The zero-order valence-electron chi connectivity index (χ0n) is 12.3. The largest absolute Gasteiger partial charge is 0.317 e. The predicted octanol–water partition coefficient (Wildman–Crippen LogP) is 3.03. The van der Waals surface area contributed by atoms with Crippen LogP contribution in [0.2, 0.25) is 0 Å². The van der Waals surface area contributed by atoms with Crippen LogP contribution in [0.5, 0.6) is 0 Å². The van der Waals surface area contributed by atoms with Crippen LogP contribution in [0.15, 0.2) is 48.1 Å². The van der Waals surface area contributed by atoms with Gasteiger partial charge >= 0.3 is 0 Å². The fourth-order valence-corrected chi connectivity index (χ4v) is 2.69. The lowest BCUT2D eigenvalue weighted by molar-refractivity contribution is 0.383. The molecule has 102 valence electrons. The van der Waals surface area contributed by atoms with Crippen molar-refractivity contribution in [1.29, 1.82) is 0 Å². The molecule has 2 atom stereocenters. The lowest BCUT2D eigenvalue weighted by Crippen LogP contribution is -2.55. The Morgan fingerprint density at radius 3 is 2.53 bits per heavy atom. The summed E-state index contributed by atoms with van der Waals surface area (Å²) in [6.45, 7) is 8.54. The van der Waals surface area contributed by atoms with E-state index >= 15 is 0 Å². The summed E-state index contributed by atoms with van der Waals surface area (Å²) in [7, 11) is 0. The van der Waals surface area contributed by atoms with Gasteiger partial charge in [-0.3, -0.25) is 0 Å². The Morgan fingerprint density at radius 2 is 1.89 bits per heavy atom. The molecule has 0 aliphatic heterocycles. The summed E-state index contributed by atoms with van der Waals surface area (Å²) >= 11 is 0. The molecule has 0 bridgehead atoms. The number of nitrogens with one attached hydrogen (secondary N) is 1. The van der Waals surface area contributed by atoms with E-state index in [9.17, 15) is 0 Å². The fraction of sp³-hybridized carbons (Fsp3) is 0.412. The van der Waals surface area contributed by atoms with Crippen molar-refractivity contribution in [3.8, 4) is 0 Å². The zero-order valence-corrected chi connectivity index (χ0v) is 12.3. The van der Waals surface area contributed by atoms with Crippen LogP contribution in [0, 0.1) is 6.92 Å². The van der Waals surface area contributed by atoms with Gasteiger partial charge in [-0.05, 0) is 25.0 Å². The molecule has 2 unspecified atom stereocenters. The smallest absolute Gasteiger partial charge is 0.0793 e. The van der Waals surface area contributed by atoms with E-state index in [0.29, 0.717) is 6.04 Å². The minimum Gasteiger partial charge on any atom is -0.317 e. The minimum absolute atomic E-state index is 0.124. The van der Waals surface area contributed by atoms with Crippen LogP contribution in [0.3, 0.4) is 0 Å². The third kappa shape index (κ3) is 2.80. The van der Waals surface area contributed by atoms with Gasteiger partial charge in [0.1, 0.15) is 0 Å². The van der Waals surface area contributed by atoms with Crippen molar-refractivity contribution in [2.45, 2.75) is 45.3 Å². The van der Waals surface area contributed by atoms with Gasteiger partial charge in [0.15, 0.2) is 0 Å². The Labute approximate surface area is 116 Å². The summed E-state index contributed by atoms with van der Waals surface area (Å²) in [6.07, 6.45) is 6.47. The van der Waals surface area contributed by atoms with Crippen LogP contribution in [-0.2, 0) is 5.54 Å². The Kier molecular flexibility index (Phi) is 3.93. The van der Waals surface area contributed by atoms with Crippen LogP contribution in [0.4, 0.5) is 0 Å². The first-order valence-corrected chi connectivity index (χ1v) is 6.92. The molecule has 0 amide bonds. The lowest BCUT2D eigenvalue weighted by atomic mass is 9.77. The molecule has 0 saturated carbocycles. The maximum Gasteiger partial charge on any atom is 0.0793 e. The molecular weight excluding hydrogens is 232 g/mol. The van der Waals surface area contributed by atoms with Crippen molar-refractivity contribution in [2.24, 2.45) is 5.73 Å². The van der Waals surface area contributed by atoms with Crippen LogP contribution in [-0.4, -0.2) is 12.1 Å². The second kappa shape index (κ2) is 5.32. The van der Waals surface area contributed by atoms with Gasteiger partial charge in [-0.2, -0.15) is 0 Å². The number of allylic oxidation sites excluding steroid dienone is 2. The van der Waals surface area contributed by atoms with Crippen molar-refractivity contribution in [1.82, 2.24) is 5.32 Å². The van der Waals surface area contributed by atoms with Crippen LogP contribution in [0.1, 0.15) is 31.9 Å². The Hall–Kier alpha value is -1.38. The molecule has 0 spiro atoms. The topological polar surface area (TPSA) is 38.0 Å². The van der Waals surface area contributed by atoms with Gasteiger partial charge in [0.2, 0.25) is 0 Å². The monoisotopic (exact) mass is 256 g/mol. The van der Waals surface area contributed by atoms with Crippen molar-refractivity contribution in [2.75, 3.05) is 0 Å². The molecule has 2 heteroatoms. The Bertz CT molecular complexity index is 514. The minimum atomic E-state index is -0.477. The first-order valence-electron chi connectivity index (χ1n) is 6.92. The predicted molar refractivity (Wildman–Crippen MR) is 82.0 cm³/mol. The second-order valence-corrected chi connectivity index (χ2v) is 5.79.